The summed E-state index contributed by atoms with van der Waals surface area (Å²) in [5.41, 5.74) is 3.87. The van der Waals surface area contributed by atoms with Crippen molar-refractivity contribution in [2.45, 2.75) is 149 Å². The van der Waals surface area contributed by atoms with Crippen molar-refractivity contribution in [1.82, 2.24) is 20.4 Å². The van der Waals surface area contributed by atoms with Gasteiger partial charge in [0, 0.05) is 37.6 Å². The molecule has 0 atom stereocenters. The highest BCUT2D eigenvalue weighted by atomic mass is 16.2. The molecule has 0 spiro atoms. The number of benzene rings is 2. The third-order valence-corrected chi connectivity index (χ3v) is 10.2. The Labute approximate surface area is 325 Å². The lowest BCUT2D eigenvalue weighted by Crippen LogP contribution is -2.35. The zero-order chi connectivity index (χ0) is 38.2. The first-order valence-corrected chi connectivity index (χ1v) is 21.5. The van der Waals surface area contributed by atoms with Crippen LogP contribution in [0.5, 0.6) is 0 Å². The number of unbranched alkanes of at least 4 members (excludes halogenated alkanes) is 18. The van der Waals surface area contributed by atoms with Crippen molar-refractivity contribution in [1.29, 1.82) is 0 Å². The molecule has 2 rings (SSSR count). The van der Waals surface area contributed by atoms with Gasteiger partial charge in [0.2, 0.25) is 0 Å². The Morgan fingerprint density at radius 3 is 1.06 bits per heavy atom. The first-order chi connectivity index (χ1) is 25.9. The van der Waals surface area contributed by atoms with Gasteiger partial charge in [-0.05, 0) is 81.8 Å². The molecule has 2 aromatic rings. The first-order valence-electron chi connectivity index (χ1n) is 21.5. The van der Waals surface area contributed by atoms with Gasteiger partial charge in [-0.3, -0.25) is 0 Å². The molecule has 4 amide bonds. The molecule has 0 aliphatic heterocycles. The van der Waals surface area contributed by atoms with E-state index in [1.807, 2.05) is 48.5 Å². The third kappa shape index (κ3) is 25.5. The van der Waals surface area contributed by atoms with E-state index in [1.165, 1.54) is 128 Å². The number of nitrogens with zero attached hydrogens (tertiary/aromatic N) is 2. The Morgan fingerprint density at radius 2 is 0.736 bits per heavy atom. The highest BCUT2D eigenvalue weighted by Gasteiger charge is 2.06. The van der Waals surface area contributed by atoms with Crippen LogP contribution >= 0.6 is 0 Å². The van der Waals surface area contributed by atoms with E-state index in [9.17, 15) is 9.59 Å². The molecular weight excluding hydrogens is 657 g/mol. The summed E-state index contributed by atoms with van der Waals surface area (Å²) < 4.78 is 0. The molecule has 0 fully saturated rings. The molecule has 0 aliphatic rings. The molecule has 0 radical (unpaired) electrons. The minimum absolute atomic E-state index is 0.173. The van der Waals surface area contributed by atoms with E-state index in [2.05, 4.69) is 59.0 Å². The van der Waals surface area contributed by atoms with Crippen molar-refractivity contribution < 1.29 is 9.59 Å². The van der Waals surface area contributed by atoms with Crippen LogP contribution in [0.2, 0.25) is 0 Å². The highest BCUT2D eigenvalue weighted by molar-refractivity contribution is 5.89. The fourth-order valence-corrected chi connectivity index (χ4v) is 6.68. The van der Waals surface area contributed by atoms with Crippen LogP contribution in [0.4, 0.5) is 21.0 Å². The minimum Gasteiger partial charge on any atom is -0.337 e. The van der Waals surface area contributed by atoms with Gasteiger partial charge in [0.15, 0.2) is 0 Å². The number of rotatable bonds is 32. The Kier molecular flexibility index (Phi) is 27.2. The zero-order valence-corrected chi connectivity index (χ0v) is 34.4. The fourth-order valence-electron chi connectivity index (χ4n) is 6.68. The van der Waals surface area contributed by atoms with Crippen LogP contribution in [0.1, 0.15) is 153 Å². The predicted octanol–water partition coefficient (Wildman–Crippen LogP) is 11.2. The van der Waals surface area contributed by atoms with Crippen molar-refractivity contribution >= 4 is 23.4 Å². The topological polar surface area (TPSA) is 88.7 Å². The summed E-state index contributed by atoms with van der Waals surface area (Å²) in [7, 11) is 4.27. The maximum absolute atomic E-state index is 12.4. The van der Waals surface area contributed by atoms with Crippen LogP contribution in [-0.4, -0.2) is 75.2 Å². The largest absolute Gasteiger partial charge is 0.337 e. The average molecular weight is 735 g/mol. The lowest BCUT2D eigenvalue weighted by Gasteiger charge is -2.17. The van der Waals surface area contributed by atoms with Crippen molar-refractivity contribution in [3.63, 3.8) is 0 Å². The van der Waals surface area contributed by atoms with E-state index >= 15 is 0 Å². The Morgan fingerprint density at radius 1 is 0.434 bits per heavy atom. The summed E-state index contributed by atoms with van der Waals surface area (Å²) in [6.45, 7) is 9.64. The van der Waals surface area contributed by atoms with Gasteiger partial charge >= 0.3 is 12.1 Å². The molecule has 0 saturated heterocycles. The molecule has 53 heavy (non-hydrogen) atoms. The number of hydrogen-bond donors (Lipinski definition) is 4. The van der Waals surface area contributed by atoms with Gasteiger partial charge in [-0.15, -0.1) is 0 Å². The molecule has 0 bridgehead atoms. The summed E-state index contributed by atoms with van der Waals surface area (Å²) in [5, 5.41) is 11.9. The summed E-state index contributed by atoms with van der Waals surface area (Å²) in [5.74, 6) is 0. The predicted molar refractivity (Wildman–Crippen MR) is 228 cm³/mol. The van der Waals surface area contributed by atoms with Crippen LogP contribution in [0, 0.1) is 0 Å². The van der Waals surface area contributed by atoms with Gasteiger partial charge in [-0.25, -0.2) is 9.59 Å². The molecule has 8 heteroatoms. The number of amides is 4. The minimum atomic E-state index is -0.173. The second kappa shape index (κ2) is 31.3. The maximum atomic E-state index is 12.4. The third-order valence-electron chi connectivity index (χ3n) is 10.2. The van der Waals surface area contributed by atoms with E-state index in [-0.39, 0.29) is 12.1 Å². The average Bonchev–Trinajstić information content (AvgIpc) is 3.14. The van der Waals surface area contributed by atoms with Crippen LogP contribution in [0.3, 0.4) is 0 Å². The van der Waals surface area contributed by atoms with Crippen LogP contribution in [-0.2, 0) is 6.42 Å². The number of carbonyl (C=O) groups is 2. The van der Waals surface area contributed by atoms with Gasteiger partial charge in [-0.2, -0.15) is 0 Å². The van der Waals surface area contributed by atoms with Crippen LogP contribution in [0.25, 0.3) is 0 Å². The highest BCUT2D eigenvalue weighted by Crippen LogP contribution is 2.17. The van der Waals surface area contributed by atoms with Gasteiger partial charge in [0.1, 0.15) is 0 Å². The number of carbonyl (C=O) groups excluding carboxylic acids is 2. The Hall–Kier alpha value is -3.10. The first kappa shape index (κ1) is 46.1. The summed E-state index contributed by atoms with van der Waals surface area (Å²) >= 11 is 0. The van der Waals surface area contributed by atoms with E-state index in [0.29, 0.717) is 13.1 Å². The second-order valence-electron chi connectivity index (χ2n) is 15.3. The molecule has 0 aliphatic carbocycles. The van der Waals surface area contributed by atoms with Crippen molar-refractivity contribution in [2.75, 3.05) is 64.0 Å². The smallest absolute Gasteiger partial charge is 0.319 e. The lowest BCUT2D eigenvalue weighted by atomic mass is 10.0. The van der Waals surface area contributed by atoms with E-state index in [1.54, 1.807) is 0 Å². The standard InChI is InChI=1S/C45H78N6O2/c1-5-7-9-11-13-15-17-19-21-23-35-50(3)37-33-46-44(52)48-42-29-25-40(26-30-42)39-41-27-31-43(32-28-41)49-45(53)47-34-38-51(4)36-24-22-20-18-16-14-12-10-8-6-2/h25-32H,5-24,33-39H2,1-4H3,(H2,46,48,52)(H2,47,49,53). The molecule has 2 aromatic carbocycles. The molecule has 0 heterocycles. The van der Waals surface area contributed by atoms with Crippen LogP contribution < -0.4 is 21.3 Å². The summed E-state index contributed by atoms with van der Waals surface area (Å²) in [6.07, 6.45) is 27.8. The van der Waals surface area contributed by atoms with Crippen molar-refractivity contribution in [2.24, 2.45) is 0 Å². The number of likely N-dealkylation sites (N-methyl/N-ethyl adjacent to an activating group) is 2. The van der Waals surface area contributed by atoms with Crippen molar-refractivity contribution in [3.8, 4) is 0 Å². The van der Waals surface area contributed by atoms with Gasteiger partial charge in [0.05, 0.1) is 0 Å². The van der Waals surface area contributed by atoms with E-state index in [4.69, 9.17) is 0 Å². The quantitative estimate of drug-likeness (QED) is 0.0564. The normalized spacial score (nSPS) is 11.3. The number of nitrogens with one attached hydrogen (secondary N) is 4. The van der Waals surface area contributed by atoms with Gasteiger partial charge in [0.25, 0.3) is 0 Å². The Balaban J connectivity index is 1.51. The number of hydrogen-bond acceptors (Lipinski definition) is 4. The molecule has 4 N–H and O–H groups in total. The second-order valence-corrected chi connectivity index (χ2v) is 15.3. The SMILES string of the molecule is CCCCCCCCCCCCN(C)CCNC(=O)Nc1ccc(Cc2ccc(NC(=O)NCCN(C)CCCCCCCCCCCC)cc2)cc1. The van der Waals surface area contributed by atoms with Gasteiger partial charge in [-0.1, -0.05) is 154 Å². The molecule has 0 saturated carbocycles. The monoisotopic (exact) mass is 735 g/mol. The molecule has 300 valence electrons. The van der Waals surface area contributed by atoms with Crippen molar-refractivity contribution in [3.05, 3.63) is 59.7 Å². The van der Waals surface area contributed by atoms with E-state index < -0.39 is 0 Å². The summed E-state index contributed by atoms with van der Waals surface area (Å²) in [6, 6.07) is 15.6. The molecule has 8 nitrogen and oxygen atoms in total. The molecular formula is C45H78N6O2. The van der Waals surface area contributed by atoms with E-state index in [0.717, 1.165) is 55.1 Å². The van der Waals surface area contributed by atoms with Gasteiger partial charge < -0.3 is 31.1 Å². The molecule has 0 unspecified atom stereocenters. The fraction of sp³-hybridized carbons (Fsp3) is 0.689. The maximum Gasteiger partial charge on any atom is 0.319 e. The van der Waals surface area contributed by atoms with Crippen LogP contribution in [0.15, 0.2) is 48.5 Å². The number of anilines is 2. The number of urea groups is 2. The zero-order valence-electron chi connectivity index (χ0n) is 34.4. The Bertz CT molecular complexity index is 1080. The summed E-state index contributed by atoms with van der Waals surface area (Å²) in [4.78, 5) is 29.5. The molecule has 0 aromatic heterocycles. The lowest BCUT2D eigenvalue weighted by molar-refractivity contribution is 0.248.